The fourth-order valence-electron chi connectivity index (χ4n) is 7.96. The summed E-state index contributed by atoms with van der Waals surface area (Å²) in [5, 5.41) is 4.97. The van der Waals surface area contributed by atoms with Gasteiger partial charge in [-0.15, -0.1) is 0 Å². The Balaban J connectivity index is 1.05. The molecule has 2 nitrogen and oxygen atoms in total. The quantitative estimate of drug-likeness (QED) is 0.162. The van der Waals surface area contributed by atoms with Crippen molar-refractivity contribution in [1.29, 1.82) is 0 Å². The number of rotatable bonds is 7. The number of hydrogen-bond acceptors (Lipinski definition) is 1. The van der Waals surface area contributed by atoms with E-state index in [-0.39, 0.29) is 0 Å². The minimum absolute atomic E-state index is 1.10. The van der Waals surface area contributed by atoms with Crippen molar-refractivity contribution in [1.82, 2.24) is 4.57 Å². The van der Waals surface area contributed by atoms with Crippen molar-refractivity contribution in [3.8, 4) is 39.1 Å². The molecular weight excluding hydrogens is 653 g/mol. The van der Waals surface area contributed by atoms with E-state index in [4.69, 9.17) is 0 Å². The smallest absolute Gasteiger partial charge is 0.0547 e. The van der Waals surface area contributed by atoms with Crippen LogP contribution < -0.4 is 4.90 Å². The van der Waals surface area contributed by atoms with E-state index in [1.807, 2.05) is 0 Å². The van der Waals surface area contributed by atoms with Gasteiger partial charge >= 0.3 is 0 Å². The third-order valence-electron chi connectivity index (χ3n) is 10.6. The van der Waals surface area contributed by atoms with E-state index < -0.39 is 0 Å². The summed E-state index contributed by atoms with van der Waals surface area (Å²) in [5.41, 5.74) is 14.2. The summed E-state index contributed by atoms with van der Waals surface area (Å²) in [6.07, 6.45) is 0. The molecule has 0 saturated carbocycles. The average Bonchev–Trinajstić information content (AvgIpc) is 3.60. The first-order valence-corrected chi connectivity index (χ1v) is 18.5. The van der Waals surface area contributed by atoms with Crippen molar-refractivity contribution in [3.63, 3.8) is 0 Å². The first kappa shape index (κ1) is 31.6. The molecule has 54 heavy (non-hydrogen) atoms. The van der Waals surface area contributed by atoms with Crippen molar-refractivity contribution in [2.24, 2.45) is 0 Å². The van der Waals surface area contributed by atoms with E-state index in [1.165, 1.54) is 66.0 Å². The van der Waals surface area contributed by atoms with E-state index in [9.17, 15) is 0 Å². The third kappa shape index (κ3) is 5.62. The second-order valence-corrected chi connectivity index (χ2v) is 13.8. The molecule has 0 radical (unpaired) electrons. The number of anilines is 3. The number of fused-ring (bicyclic) bond motifs is 4. The van der Waals surface area contributed by atoms with Crippen molar-refractivity contribution in [2.75, 3.05) is 4.90 Å². The zero-order valence-electron chi connectivity index (χ0n) is 29.7. The van der Waals surface area contributed by atoms with Gasteiger partial charge < -0.3 is 9.47 Å². The maximum absolute atomic E-state index is 2.38. The second kappa shape index (κ2) is 13.4. The van der Waals surface area contributed by atoms with E-state index in [0.717, 1.165) is 22.7 Å². The Morgan fingerprint density at radius 1 is 0.315 bits per heavy atom. The Labute approximate surface area is 315 Å². The molecule has 0 N–H and O–H groups in total. The molecule has 0 saturated heterocycles. The Bertz CT molecular complexity index is 2890. The lowest BCUT2D eigenvalue weighted by atomic mass is 9.98. The van der Waals surface area contributed by atoms with Gasteiger partial charge in [0.2, 0.25) is 0 Å². The van der Waals surface area contributed by atoms with Crippen molar-refractivity contribution < 1.29 is 0 Å². The minimum Gasteiger partial charge on any atom is -0.310 e. The van der Waals surface area contributed by atoms with Crippen molar-refractivity contribution in [3.05, 3.63) is 218 Å². The molecule has 0 atom stereocenters. The molecule has 10 aromatic rings. The Morgan fingerprint density at radius 2 is 0.815 bits per heavy atom. The summed E-state index contributed by atoms with van der Waals surface area (Å²) in [7, 11) is 0. The Hall–Kier alpha value is -7.16. The minimum atomic E-state index is 1.10. The summed E-state index contributed by atoms with van der Waals surface area (Å²) in [4.78, 5) is 2.36. The predicted octanol–water partition coefficient (Wildman–Crippen LogP) is 14.4. The lowest BCUT2D eigenvalue weighted by Crippen LogP contribution is -2.09. The molecule has 0 aliphatic carbocycles. The predicted molar refractivity (Wildman–Crippen MR) is 229 cm³/mol. The maximum atomic E-state index is 2.38. The van der Waals surface area contributed by atoms with Crippen LogP contribution in [0.25, 0.3) is 71.6 Å². The lowest BCUT2D eigenvalue weighted by Gasteiger charge is -2.26. The first-order chi connectivity index (χ1) is 26.8. The largest absolute Gasteiger partial charge is 0.310 e. The van der Waals surface area contributed by atoms with E-state index in [0.29, 0.717) is 0 Å². The SMILES string of the molecule is c1ccc(-c2ccc(-c3ccc(N(c4ccc(-c5cccc6c5c5ccccc5n6-c5ccccc5)cc4)c4ccc5ccccc5c4)cc3)cc2)cc1. The monoisotopic (exact) mass is 688 g/mol. The van der Waals surface area contributed by atoms with Crippen LogP contribution in [0.15, 0.2) is 218 Å². The van der Waals surface area contributed by atoms with Crippen LogP contribution >= 0.6 is 0 Å². The Kier molecular flexibility index (Phi) is 7.85. The van der Waals surface area contributed by atoms with E-state index in [1.54, 1.807) is 0 Å². The molecule has 2 heteroatoms. The normalized spacial score (nSPS) is 11.3. The van der Waals surface area contributed by atoms with Gasteiger partial charge in [0.1, 0.15) is 0 Å². The molecule has 254 valence electrons. The third-order valence-corrected chi connectivity index (χ3v) is 10.6. The van der Waals surface area contributed by atoms with Crippen molar-refractivity contribution in [2.45, 2.75) is 0 Å². The molecule has 0 fully saturated rings. The number of nitrogens with zero attached hydrogens (tertiary/aromatic N) is 2. The molecule has 0 bridgehead atoms. The van der Waals surface area contributed by atoms with Crippen LogP contribution in [0.5, 0.6) is 0 Å². The lowest BCUT2D eigenvalue weighted by molar-refractivity contribution is 1.18. The van der Waals surface area contributed by atoms with Gasteiger partial charge in [-0.05, 0) is 105 Å². The fraction of sp³-hybridized carbons (Fsp3) is 0. The molecule has 10 rings (SSSR count). The van der Waals surface area contributed by atoms with Crippen LogP contribution in [0, 0.1) is 0 Å². The molecule has 0 spiro atoms. The molecule has 0 aliphatic rings. The van der Waals surface area contributed by atoms with Gasteiger partial charge in [0.05, 0.1) is 11.0 Å². The summed E-state index contributed by atoms with van der Waals surface area (Å²) in [6.45, 7) is 0. The standard InChI is InChI=1S/C52H36N2/c1-3-12-37(13-4-1)39-22-24-40(25-23-39)41-26-31-45(32-27-41)53(47-35-28-38-14-7-8-15-43(38)36-47)46-33-29-42(30-34-46)48-19-11-21-51-52(48)49-18-9-10-20-50(49)54(51)44-16-5-2-6-17-44/h1-36H. The average molecular weight is 689 g/mol. The van der Waals surface area contributed by atoms with Crippen LogP contribution in [0.1, 0.15) is 0 Å². The zero-order chi connectivity index (χ0) is 35.8. The molecule has 0 aliphatic heterocycles. The van der Waals surface area contributed by atoms with Gasteiger partial charge in [0.25, 0.3) is 0 Å². The highest BCUT2D eigenvalue weighted by Gasteiger charge is 2.18. The first-order valence-electron chi connectivity index (χ1n) is 18.5. The summed E-state index contributed by atoms with van der Waals surface area (Å²) in [6, 6.07) is 78.8. The molecule has 9 aromatic carbocycles. The Morgan fingerprint density at radius 3 is 1.50 bits per heavy atom. The summed E-state index contributed by atoms with van der Waals surface area (Å²) in [5.74, 6) is 0. The van der Waals surface area contributed by atoms with Crippen LogP contribution in [0.4, 0.5) is 17.1 Å². The second-order valence-electron chi connectivity index (χ2n) is 13.8. The molecule has 0 unspecified atom stereocenters. The fourth-order valence-corrected chi connectivity index (χ4v) is 7.96. The number of aromatic nitrogens is 1. The highest BCUT2D eigenvalue weighted by molar-refractivity contribution is 6.15. The van der Waals surface area contributed by atoms with Gasteiger partial charge in [-0.3, -0.25) is 0 Å². The van der Waals surface area contributed by atoms with Gasteiger partial charge in [0.15, 0.2) is 0 Å². The molecular formula is C52H36N2. The highest BCUT2D eigenvalue weighted by atomic mass is 15.1. The van der Waals surface area contributed by atoms with Crippen LogP contribution in [-0.2, 0) is 0 Å². The molecule has 1 heterocycles. The number of hydrogen-bond donors (Lipinski definition) is 0. The van der Waals surface area contributed by atoms with E-state index >= 15 is 0 Å². The van der Waals surface area contributed by atoms with E-state index in [2.05, 4.69) is 228 Å². The van der Waals surface area contributed by atoms with Gasteiger partial charge in [-0.1, -0.05) is 158 Å². The molecule has 1 aromatic heterocycles. The van der Waals surface area contributed by atoms with Gasteiger partial charge in [-0.25, -0.2) is 0 Å². The number of para-hydroxylation sites is 2. The highest BCUT2D eigenvalue weighted by Crippen LogP contribution is 2.41. The van der Waals surface area contributed by atoms with Crippen LogP contribution in [0.2, 0.25) is 0 Å². The molecule has 0 amide bonds. The maximum Gasteiger partial charge on any atom is 0.0547 e. The van der Waals surface area contributed by atoms with Crippen LogP contribution in [-0.4, -0.2) is 4.57 Å². The number of benzene rings is 9. The van der Waals surface area contributed by atoms with Crippen LogP contribution in [0.3, 0.4) is 0 Å². The summed E-state index contributed by atoms with van der Waals surface area (Å²) >= 11 is 0. The summed E-state index contributed by atoms with van der Waals surface area (Å²) < 4.78 is 2.38. The zero-order valence-corrected chi connectivity index (χ0v) is 29.7. The van der Waals surface area contributed by atoms with Gasteiger partial charge in [0, 0.05) is 33.5 Å². The van der Waals surface area contributed by atoms with Gasteiger partial charge in [-0.2, -0.15) is 0 Å². The topological polar surface area (TPSA) is 8.17 Å². The van der Waals surface area contributed by atoms with Crippen molar-refractivity contribution >= 4 is 49.6 Å².